The van der Waals surface area contributed by atoms with Crippen molar-refractivity contribution in [2.75, 3.05) is 18.0 Å². The summed E-state index contributed by atoms with van der Waals surface area (Å²) in [6.45, 7) is 1.75. The molecule has 0 radical (unpaired) electrons. The molecule has 3 aromatic heterocycles. The van der Waals surface area contributed by atoms with Gasteiger partial charge < -0.3 is 15.2 Å². The summed E-state index contributed by atoms with van der Waals surface area (Å²) >= 11 is 0. The van der Waals surface area contributed by atoms with E-state index in [4.69, 9.17) is 10.7 Å². The number of nitrogens with one attached hydrogen (secondary N) is 1. The Morgan fingerprint density at radius 3 is 2.71 bits per heavy atom. The van der Waals surface area contributed by atoms with Gasteiger partial charge in [0.1, 0.15) is 17.2 Å². The number of aromatic amines is 1. The molecule has 0 bridgehead atoms. The minimum Gasteiger partial charge on any atom is -0.355 e. The molecule has 2 aromatic carbocycles. The van der Waals surface area contributed by atoms with Crippen LogP contribution in [0.25, 0.3) is 44.3 Å². The Hall–Kier alpha value is -4.04. The highest BCUT2D eigenvalue weighted by atomic mass is 16.1. The van der Waals surface area contributed by atoms with Gasteiger partial charge in [0, 0.05) is 43.0 Å². The molecule has 1 aliphatic rings. The van der Waals surface area contributed by atoms with E-state index in [2.05, 4.69) is 26.1 Å². The van der Waals surface area contributed by atoms with Gasteiger partial charge in [-0.25, -0.2) is 4.98 Å². The van der Waals surface area contributed by atoms with Crippen molar-refractivity contribution < 1.29 is 0 Å². The van der Waals surface area contributed by atoms with Crippen LogP contribution >= 0.6 is 0 Å². The zero-order valence-corrected chi connectivity index (χ0v) is 18.9. The van der Waals surface area contributed by atoms with Crippen LogP contribution < -0.4 is 16.2 Å². The third kappa shape index (κ3) is 3.43. The highest BCUT2D eigenvalue weighted by molar-refractivity contribution is 6.00. The monoisotopic (exact) mass is 451 g/mol. The van der Waals surface area contributed by atoms with E-state index in [0.717, 1.165) is 70.4 Å². The maximum Gasteiger partial charge on any atom is 0.251 e. The average Bonchev–Trinajstić information content (AvgIpc) is 3.30. The standard InChI is InChI=1S/C26H25N7O/c1-32-23-5-3-2-4-18(23)19(13-25(32)34)16-6-7-21-20(12-16)26(31-30-21)22-14-28-15-24(29-22)33-10-8-17(27)9-11-33/h2-7,12-15,17H,8-11,27H2,1H3,(H,30,31). The van der Waals surface area contributed by atoms with Crippen LogP contribution in [0.5, 0.6) is 0 Å². The van der Waals surface area contributed by atoms with Gasteiger partial charge in [-0.15, -0.1) is 0 Å². The Morgan fingerprint density at radius 2 is 1.85 bits per heavy atom. The summed E-state index contributed by atoms with van der Waals surface area (Å²) in [4.78, 5) is 24.2. The van der Waals surface area contributed by atoms with Crippen molar-refractivity contribution in [3.8, 4) is 22.5 Å². The molecule has 1 fully saturated rings. The average molecular weight is 452 g/mol. The molecule has 5 aromatic rings. The number of hydrogen-bond acceptors (Lipinski definition) is 6. The van der Waals surface area contributed by atoms with Crippen LogP contribution in [0.1, 0.15) is 12.8 Å². The van der Waals surface area contributed by atoms with Gasteiger partial charge in [-0.2, -0.15) is 5.10 Å². The number of H-pyrrole nitrogens is 1. The number of aryl methyl sites for hydroxylation is 1. The van der Waals surface area contributed by atoms with Gasteiger partial charge in [0.2, 0.25) is 0 Å². The molecule has 0 amide bonds. The molecule has 8 heteroatoms. The summed E-state index contributed by atoms with van der Waals surface area (Å²) in [6.07, 6.45) is 5.44. The van der Waals surface area contributed by atoms with Gasteiger partial charge in [0.25, 0.3) is 5.56 Å². The highest BCUT2D eigenvalue weighted by Crippen LogP contribution is 2.33. The van der Waals surface area contributed by atoms with Crippen molar-refractivity contribution in [2.45, 2.75) is 18.9 Å². The van der Waals surface area contributed by atoms with Crippen LogP contribution in [0.2, 0.25) is 0 Å². The molecular formula is C26H25N7O. The Balaban J connectivity index is 1.46. The van der Waals surface area contributed by atoms with Crippen LogP contribution in [0.15, 0.2) is 65.7 Å². The molecule has 0 aliphatic carbocycles. The molecule has 1 saturated heterocycles. The number of rotatable bonds is 3. The second-order valence-electron chi connectivity index (χ2n) is 8.89. The minimum atomic E-state index is -0.0407. The molecule has 34 heavy (non-hydrogen) atoms. The van der Waals surface area contributed by atoms with Crippen LogP contribution in [0, 0.1) is 0 Å². The number of aromatic nitrogens is 5. The maximum absolute atomic E-state index is 12.7. The maximum atomic E-state index is 12.7. The van der Waals surface area contributed by atoms with Gasteiger partial charge >= 0.3 is 0 Å². The van der Waals surface area contributed by atoms with Gasteiger partial charge in [-0.3, -0.25) is 14.9 Å². The number of hydrogen-bond donors (Lipinski definition) is 2. The molecule has 0 saturated carbocycles. The van der Waals surface area contributed by atoms with E-state index >= 15 is 0 Å². The number of para-hydroxylation sites is 1. The summed E-state index contributed by atoms with van der Waals surface area (Å²) in [5.74, 6) is 0.842. The van der Waals surface area contributed by atoms with E-state index < -0.39 is 0 Å². The molecule has 3 N–H and O–H groups in total. The van der Waals surface area contributed by atoms with Crippen molar-refractivity contribution in [1.29, 1.82) is 0 Å². The Morgan fingerprint density at radius 1 is 1.03 bits per heavy atom. The van der Waals surface area contributed by atoms with Crippen LogP contribution in [-0.2, 0) is 7.05 Å². The normalized spacial score (nSPS) is 14.8. The minimum absolute atomic E-state index is 0.0407. The lowest BCUT2D eigenvalue weighted by atomic mass is 9.99. The molecule has 1 aliphatic heterocycles. The van der Waals surface area contributed by atoms with Crippen LogP contribution in [-0.4, -0.2) is 43.9 Å². The fourth-order valence-electron chi connectivity index (χ4n) is 4.78. The van der Waals surface area contributed by atoms with Crippen molar-refractivity contribution in [2.24, 2.45) is 12.8 Å². The van der Waals surface area contributed by atoms with E-state index in [-0.39, 0.29) is 11.6 Å². The molecular weight excluding hydrogens is 426 g/mol. The van der Waals surface area contributed by atoms with Crippen LogP contribution in [0.3, 0.4) is 0 Å². The van der Waals surface area contributed by atoms with Gasteiger partial charge in [-0.1, -0.05) is 24.3 Å². The molecule has 0 spiro atoms. The SMILES string of the molecule is Cn1c(=O)cc(-c2ccc3[nH]nc(-c4cncc(N5CCC(N)CC5)n4)c3c2)c2ccccc21. The molecule has 0 atom stereocenters. The number of fused-ring (bicyclic) bond motifs is 2. The molecule has 6 rings (SSSR count). The summed E-state index contributed by atoms with van der Waals surface area (Å²) in [6, 6.07) is 16.0. The lowest BCUT2D eigenvalue weighted by Gasteiger charge is -2.30. The van der Waals surface area contributed by atoms with E-state index in [1.807, 2.05) is 36.4 Å². The lowest BCUT2D eigenvalue weighted by molar-refractivity contribution is 0.498. The largest absolute Gasteiger partial charge is 0.355 e. The van der Waals surface area contributed by atoms with Crippen molar-refractivity contribution in [3.05, 3.63) is 71.3 Å². The molecule has 4 heterocycles. The fourth-order valence-corrected chi connectivity index (χ4v) is 4.78. The predicted octanol–water partition coefficient (Wildman–Crippen LogP) is 3.47. The Kier molecular flexibility index (Phi) is 4.88. The first-order valence-electron chi connectivity index (χ1n) is 11.5. The quantitative estimate of drug-likeness (QED) is 0.435. The van der Waals surface area contributed by atoms with Crippen molar-refractivity contribution >= 4 is 27.6 Å². The third-order valence-corrected chi connectivity index (χ3v) is 6.76. The Bertz CT molecular complexity index is 1580. The van der Waals surface area contributed by atoms with Gasteiger partial charge in [0.15, 0.2) is 0 Å². The summed E-state index contributed by atoms with van der Waals surface area (Å²) in [5.41, 5.74) is 11.1. The van der Waals surface area contributed by atoms with E-state index in [9.17, 15) is 4.79 Å². The number of nitrogens with two attached hydrogens (primary N) is 1. The lowest BCUT2D eigenvalue weighted by Crippen LogP contribution is -2.40. The molecule has 170 valence electrons. The first kappa shape index (κ1) is 20.6. The fraction of sp³-hybridized carbons (Fsp3) is 0.231. The Labute approximate surface area is 196 Å². The summed E-state index contributed by atoms with van der Waals surface area (Å²) < 4.78 is 1.68. The smallest absolute Gasteiger partial charge is 0.251 e. The zero-order chi connectivity index (χ0) is 23.2. The second-order valence-corrected chi connectivity index (χ2v) is 8.89. The summed E-state index contributed by atoms with van der Waals surface area (Å²) in [7, 11) is 1.80. The van der Waals surface area contributed by atoms with Crippen LogP contribution in [0.4, 0.5) is 5.82 Å². The first-order chi connectivity index (χ1) is 16.6. The first-order valence-corrected chi connectivity index (χ1v) is 11.5. The number of nitrogens with zero attached hydrogens (tertiary/aromatic N) is 5. The topological polar surface area (TPSA) is 106 Å². The zero-order valence-electron chi connectivity index (χ0n) is 18.9. The third-order valence-electron chi connectivity index (χ3n) is 6.76. The number of pyridine rings is 1. The van der Waals surface area contributed by atoms with Crippen molar-refractivity contribution in [3.63, 3.8) is 0 Å². The van der Waals surface area contributed by atoms with Gasteiger partial charge in [0.05, 0.1) is 23.4 Å². The van der Waals surface area contributed by atoms with Gasteiger partial charge in [-0.05, 0) is 42.2 Å². The van der Waals surface area contributed by atoms with E-state index in [0.29, 0.717) is 5.69 Å². The van der Waals surface area contributed by atoms with Crippen molar-refractivity contribution in [1.82, 2.24) is 24.7 Å². The highest BCUT2D eigenvalue weighted by Gasteiger charge is 2.19. The van der Waals surface area contributed by atoms with E-state index in [1.54, 1.807) is 30.1 Å². The number of anilines is 1. The second kappa shape index (κ2) is 8.07. The number of piperidine rings is 1. The molecule has 8 nitrogen and oxygen atoms in total. The van der Waals surface area contributed by atoms with E-state index in [1.165, 1.54) is 0 Å². The molecule has 0 unspecified atom stereocenters. The predicted molar refractivity (Wildman–Crippen MR) is 135 cm³/mol. The number of benzene rings is 2. The summed E-state index contributed by atoms with van der Waals surface area (Å²) in [5, 5.41) is 9.64.